The van der Waals surface area contributed by atoms with E-state index in [-0.39, 0.29) is 17.1 Å². The molecule has 0 bridgehead atoms. The van der Waals surface area contributed by atoms with Crippen molar-refractivity contribution in [1.82, 2.24) is 0 Å². The average Bonchev–Trinajstić information content (AvgIpc) is 2.55. The Morgan fingerprint density at radius 2 is 1.24 bits per heavy atom. The summed E-state index contributed by atoms with van der Waals surface area (Å²) >= 11 is 0. The molecule has 144 valence electrons. The van der Waals surface area contributed by atoms with Crippen LogP contribution in [0.2, 0.25) is 0 Å². The number of terminal acetylenes is 2. The summed E-state index contributed by atoms with van der Waals surface area (Å²) < 4.78 is 12.0. The van der Waals surface area contributed by atoms with Gasteiger partial charge in [-0.15, -0.1) is 12.8 Å². The summed E-state index contributed by atoms with van der Waals surface area (Å²) in [5.74, 6) is 5.54. The summed E-state index contributed by atoms with van der Waals surface area (Å²) in [6.45, 7) is 15.9. The van der Waals surface area contributed by atoms with Crippen LogP contribution in [0.3, 0.4) is 0 Å². The third-order valence-corrected chi connectivity index (χ3v) is 4.54. The number of hydrogen-bond acceptors (Lipinski definition) is 2. The zero-order valence-corrected chi connectivity index (χ0v) is 17.7. The second kappa shape index (κ2) is 10.9. The molecule has 0 amide bonds. The second-order valence-corrected chi connectivity index (χ2v) is 9.27. The molecule has 0 fully saturated rings. The van der Waals surface area contributed by atoms with Crippen molar-refractivity contribution < 1.29 is 9.47 Å². The maximum atomic E-state index is 6.00. The van der Waals surface area contributed by atoms with E-state index in [9.17, 15) is 0 Å². The van der Waals surface area contributed by atoms with Crippen molar-refractivity contribution in [2.75, 3.05) is 13.2 Å². The van der Waals surface area contributed by atoms with Gasteiger partial charge >= 0.3 is 0 Å². The van der Waals surface area contributed by atoms with Crippen molar-refractivity contribution >= 4 is 0 Å². The summed E-state index contributed by atoms with van der Waals surface area (Å²) in [5.41, 5.74) is -0.204. The maximum Gasteiger partial charge on any atom is 0.157 e. The molecule has 25 heavy (non-hydrogen) atoms. The summed E-state index contributed by atoms with van der Waals surface area (Å²) in [4.78, 5) is 0. The fourth-order valence-corrected chi connectivity index (χ4v) is 2.43. The smallest absolute Gasteiger partial charge is 0.157 e. The van der Waals surface area contributed by atoms with Gasteiger partial charge in [0.25, 0.3) is 0 Å². The molecule has 0 heterocycles. The van der Waals surface area contributed by atoms with Crippen molar-refractivity contribution in [2.24, 2.45) is 16.2 Å². The third kappa shape index (κ3) is 12.1. The SMILES string of the molecule is C#CC(C)(C)COC(CCCC(C)(C)CCCC)OCC(C)(C)C#C. The minimum Gasteiger partial charge on any atom is -0.351 e. The van der Waals surface area contributed by atoms with E-state index in [4.69, 9.17) is 22.3 Å². The topological polar surface area (TPSA) is 18.5 Å². The van der Waals surface area contributed by atoms with Crippen LogP contribution < -0.4 is 0 Å². The van der Waals surface area contributed by atoms with Crippen LogP contribution >= 0.6 is 0 Å². The van der Waals surface area contributed by atoms with Crippen LogP contribution in [0.5, 0.6) is 0 Å². The molecule has 0 atom stereocenters. The third-order valence-electron chi connectivity index (χ3n) is 4.54. The van der Waals surface area contributed by atoms with Crippen LogP contribution in [0.1, 0.15) is 87.0 Å². The van der Waals surface area contributed by atoms with E-state index in [1.165, 1.54) is 25.7 Å². The van der Waals surface area contributed by atoms with Gasteiger partial charge in [-0.2, -0.15) is 0 Å². The zero-order valence-electron chi connectivity index (χ0n) is 17.7. The molecule has 0 unspecified atom stereocenters. The lowest BCUT2D eigenvalue weighted by Crippen LogP contribution is -2.29. The molecule has 0 saturated carbocycles. The Kier molecular flexibility index (Phi) is 10.5. The lowest BCUT2D eigenvalue weighted by Gasteiger charge is -2.28. The Labute approximate surface area is 157 Å². The summed E-state index contributed by atoms with van der Waals surface area (Å²) in [6, 6.07) is 0. The highest BCUT2D eigenvalue weighted by Gasteiger charge is 2.23. The summed E-state index contributed by atoms with van der Waals surface area (Å²) in [5, 5.41) is 0. The van der Waals surface area contributed by atoms with Crippen LogP contribution in [0.4, 0.5) is 0 Å². The standard InChI is InChI=1S/C23H40O2/c1-10-13-16-23(8,9)17-14-15-20(24-18-21(4,5)11-2)25-19-22(6,7)12-3/h2-3,20H,10,13-19H2,1,4-9H3. The highest BCUT2D eigenvalue weighted by Crippen LogP contribution is 2.30. The molecule has 0 aliphatic heterocycles. The Bertz CT molecular complexity index is 416. The number of rotatable bonds is 13. The van der Waals surface area contributed by atoms with Crippen LogP contribution in [0, 0.1) is 40.9 Å². The van der Waals surface area contributed by atoms with Crippen molar-refractivity contribution in [3.63, 3.8) is 0 Å². The quantitative estimate of drug-likeness (QED) is 0.298. The molecular weight excluding hydrogens is 308 g/mol. The van der Waals surface area contributed by atoms with Gasteiger partial charge < -0.3 is 9.47 Å². The summed E-state index contributed by atoms with van der Waals surface area (Å²) in [7, 11) is 0. The second-order valence-electron chi connectivity index (χ2n) is 9.27. The van der Waals surface area contributed by atoms with Gasteiger partial charge in [0.05, 0.1) is 13.2 Å². The van der Waals surface area contributed by atoms with Crippen molar-refractivity contribution in [2.45, 2.75) is 93.3 Å². The molecule has 0 N–H and O–H groups in total. The minimum absolute atomic E-state index is 0.248. The normalized spacial score (nSPS) is 12.9. The Balaban J connectivity index is 4.58. The van der Waals surface area contributed by atoms with Gasteiger partial charge in [0, 0.05) is 10.8 Å². The molecule has 0 aliphatic carbocycles. The van der Waals surface area contributed by atoms with Gasteiger partial charge in [-0.1, -0.05) is 45.5 Å². The molecule has 0 rings (SSSR count). The highest BCUT2D eigenvalue weighted by atomic mass is 16.7. The van der Waals surface area contributed by atoms with Crippen LogP contribution in [0.15, 0.2) is 0 Å². The van der Waals surface area contributed by atoms with E-state index < -0.39 is 0 Å². The first-order chi connectivity index (χ1) is 11.5. The molecule has 0 aliphatic rings. The molecule has 2 heteroatoms. The maximum absolute atomic E-state index is 6.00. The Morgan fingerprint density at radius 3 is 1.64 bits per heavy atom. The van der Waals surface area contributed by atoms with Crippen molar-refractivity contribution in [3.05, 3.63) is 0 Å². The first-order valence-electron chi connectivity index (χ1n) is 9.66. The zero-order chi connectivity index (χ0) is 19.6. The fourth-order valence-electron chi connectivity index (χ4n) is 2.43. The average molecular weight is 349 g/mol. The molecule has 0 spiro atoms. The number of hydrogen-bond donors (Lipinski definition) is 0. The molecular formula is C23H40O2. The Hall–Kier alpha value is -0.960. The molecule has 0 aromatic carbocycles. The van der Waals surface area contributed by atoms with Gasteiger partial charge in [-0.3, -0.25) is 0 Å². The van der Waals surface area contributed by atoms with Gasteiger partial charge in [0.15, 0.2) is 6.29 Å². The first-order valence-corrected chi connectivity index (χ1v) is 9.66. The van der Waals surface area contributed by atoms with E-state index in [2.05, 4.69) is 32.6 Å². The molecule has 0 aromatic rings. The van der Waals surface area contributed by atoms with E-state index in [0.717, 1.165) is 12.8 Å². The first kappa shape index (κ1) is 24.0. The van der Waals surface area contributed by atoms with Gasteiger partial charge in [0.1, 0.15) is 0 Å². The molecule has 0 aromatic heterocycles. The molecule has 0 saturated heterocycles. The highest BCUT2D eigenvalue weighted by molar-refractivity contribution is 5.01. The van der Waals surface area contributed by atoms with Gasteiger partial charge in [-0.05, 0) is 58.8 Å². The van der Waals surface area contributed by atoms with Crippen molar-refractivity contribution in [1.29, 1.82) is 0 Å². The minimum atomic E-state index is -0.288. The predicted octanol–water partition coefficient (Wildman–Crippen LogP) is 6.05. The largest absolute Gasteiger partial charge is 0.351 e. The van der Waals surface area contributed by atoms with Crippen LogP contribution in [0.25, 0.3) is 0 Å². The molecule has 0 radical (unpaired) electrons. The van der Waals surface area contributed by atoms with E-state index in [1.807, 2.05) is 27.7 Å². The summed E-state index contributed by atoms with van der Waals surface area (Å²) in [6.07, 6.45) is 17.8. The van der Waals surface area contributed by atoms with Gasteiger partial charge in [-0.25, -0.2) is 0 Å². The van der Waals surface area contributed by atoms with Crippen LogP contribution in [-0.2, 0) is 9.47 Å². The fraction of sp³-hybridized carbons (Fsp3) is 0.826. The number of unbranched alkanes of at least 4 members (excludes halogenated alkanes) is 1. The number of ether oxygens (including phenoxy) is 2. The predicted molar refractivity (Wildman–Crippen MR) is 108 cm³/mol. The van der Waals surface area contributed by atoms with E-state index in [0.29, 0.717) is 18.6 Å². The van der Waals surface area contributed by atoms with Gasteiger partial charge in [0.2, 0.25) is 0 Å². The van der Waals surface area contributed by atoms with E-state index >= 15 is 0 Å². The lowest BCUT2D eigenvalue weighted by molar-refractivity contribution is -0.167. The monoisotopic (exact) mass is 348 g/mol. The van der Waals surface area contributed by atoms with Crippen molar-refractivity contribution in [3.8, 4) is 24.7 Å². The van der Waals surface area contributed by atoms with Crippen LogP contribution in [-0.4, -0.2) is 19.5 Å². The Morgan fingerprint density at radius 1 is 0.800 bits per heavy atom. The molecule has 2 nitrogen and oxygen atoms in total. The lowest BCUT2D eigenvalue weighted by atomic mass is 9.82. The van der Waals surface area contributed by atoms with E-state index in [1.54, 1.807) is 0 Å².